The van der Waals surface area contributed by atoms with E-state index >= 15 is 0 Å². The van der Waals surface area contributed by atoms with Gasteiger partial charge in [-0.2, -0.15) is 10.2 Å². The summed E-state index contributed by atoms with van der Waals surface area (Å²) in [5.41, 5.74) is 7.13. The Morgan fingerprint density at radius 2 is 2.24 bits per heavy atom. The van der Waals surface area contributed by atoms with E-state index in [4.69, 9.17) is 11.1 Å². The quantitative estimate of drug-likeness (QED) is 0.600. The van der Waals surface area contributed by atoms with Gasteiger partial charge in [0.25, 0.3) is 0 Å². The van der Waals surface area contributed by atoms with Gasteiger partial charge < -0.3 is 5.73 Å². The molecule has 2 aromatic rings. The smallest absolute Gasteiger partial charge is 0.186 e. The first kappa shape index (κ1) is 9.95. The first-order chi connectivity index (χ1) is 8.25. The second-order valence-electron chi connectivity index (χ2n) is 4.14. The van der Waals surface area contributed by atoms with Gasteiger partial charge in [-0.05, 0) is 25.0 Å². The van der Waals surface area contributed by atoms with Crippen LogP contribution >= 0.6 is 0 Å². The normalized spacial score (nSPS) is 14.8. The monoisotopic (exact) mass is 228 g/mol. The molecule has 6 nitrogen and oxygen atoms in total. The average Bonchev–Trinajstić information content (AvgIpc) is 3.07. The molecule has 0 amide bonds. The molecule has 0 spiro atoms. The van der Waals surface area contributed by atoms with Crippen molar-refractivity contribution in [2.75, 3.05) is 0 Å². The highest BCUT2D eigenvalue weighted by Crippen LogP contribution is 2.38. The number of nitrogen functional groups attached to an aromatic ring is 1. The highest BCUT2D eigenvalue weighted by Gasteiger charge is 2.26. The molecule has 2 aromatic heterocycles. The maximum Gasteiger partial charge on any atom is 0.186 e. The van der Waals surface area contributed by atoms with Crippen LogP contribution in [-0.4, -0.2) is 25.8 Å². The van der Waals surface area contributed by atoms with E-state index in [9.17, 15) is 0 Å². The Morgan fingerprint density at radius 1 is 1.41 bits per heavy atom. The second-order valence-corrected chi connectivity index (χ2v) is 4.14. The molecule has 0 atom stereocenters. The van der Waals surface area contributed by atoms with Crippen molar-refractivity contribution in [1.29, 1.82) is 5.41 Å². The van der Waals surface area contributed by atoms with E-state index < -0.39 is 0 Å². The van der Waals surface area contributed by atoms with E-state index in [1.807, 2.05) is 12.3 Å². The first-order valence-electron chi connectivity index (χ1n) is 5.48. The molecule has 1 saturated carbocycles. The predicted molar refractivity (Wildman–Crippen MR) is 62.1 cm³/mol. The van der Waals surface area contributed by atoms with E-state index in [2.05, 4.69) is 15.3 Å². The van der Waals surface area contributed by atoms with E-state index in [1.165, 1.54) is 19.0 Å². The van der Waals surface area contributed by atoms with Gasteiger partial charge >= 0.3 is 0 Å². The van der Waals surface area contributed by atoms with Crippen molar-refractivity contribution in [1.82, 2.24) is 20.0 Å². The van der Waals surface area contributed by atoms with Gasteiger partial charge in [-0.15, -0.1) is 5.10 Å². The molecule has 6 heteroatoms. The summed E-state index contributed by atoms with van der Waals surface area (Å²) in [6, 6.07) is 3.65. The summed E-state index contributed by atoms with van der Waals surface area (Å²) in [7, 11) is 0. The molecule has 3 rings (SSSR count). The van der Waals surface area contributed by atoms with Crippen LogP contribution in [0.25, 0.3) is 5.82 Å². The fourth-order valence-corrected chi connectivity index (χ4v) is 1.76. The molecule has 17 heavy (non-hydrogen) atoms. The van der Waals surface area contributed by atoms with Crippen molar-refractivity contribution in [3.05, 3.63) is 35.8 Å². The molecule has 0 saturated heterocycles. The molecule has 3 N–H and O–H groups in total. The highest BCUT2D eigenvalue weighted by atomic mass is 15.3. The van der Waals surface area contributed by atoms with Crippen LogP contribution in [0.4, 0.5) is 0 Å². The number of nitrogens with one attached hydrogen (secondary N) is 1. The zero-order valence-electron chi connectivity index (χ0n) is 9.17. The van der Waals surface area contributed by atoms with Crippen molar-refractivity contribution in [2.45, 2.75) is 18.8 Å². The largest absolute Gasteiger partial charge is 0.384 e. The van der Waals surface area contributed by atoms with Gasteiger partial charge in [0.1, 0.15) is 5.84 Å². The van der Waals surface area contributed by atoms with Crippen LogP contribution in [0.5, 0.6) is 0 Å². The minimum atomic E-state index is -0.0293. The molecular weight excluding hydrogens is 216 g/mol. The molecule has 86 valence electrons. The van der Waals surface area contributed by atoms with E-state index in [0.717, 1.165) is 5.69 Å². The van der Waals surface area contributed by atoms with E-state index in [-0.39, 0.29) is 5.84 Å². The standard InChI is InChI=1S/C11H12N6/c12-10(13)8-3-5-14-15-11(8)17-6-4-9(16-17)7-1-2-7/h3-7H,1-2H2,(H3,12,13). The van der Waals surface area contributed by atoms with Gasteiger partial charge in [0.15, 0.2) is 5.82 Å². The van der Waals surface area contributed by atoms with Crippen LogP contribution in [0.2, 0.25) is 0 Å². The van der Waals surface area contributed by atoms with Gasteiger partial charge in [-0.1, -0.05) is 0 Å². The second kappa shape index (κ2) is 3.65. The molecule has 0 aromatic carbocycles. The Hall–Kier alpha value is -2.24. The lowest BCUT2D eigenvalue weighted by atomic mass is 10.2. The first-order valence-corrected chi connectivity index (χ1v) is 5.48. The third-order valence-electron chi connectivity index (χ3n) is 2.81. The van der Waals surface area contributed by atoms with Gasteiger partial charge in [-0.3, -0.25) is 5.41 Å². The van der Waals surface area contributed by atoms with Crippen LogP contribution in [-0.2, 0) is 0 Å². The van der Waals surface area contributed by atoms with Gasteiger partial charge in [-0.25, -0.2) is 4.68 Å². The van der Waals surface area contributed by atoms with Crippen molar-refractivity contribution in [2.24, 2.45) is 5.73 Å². The molecule has 0 radical (unpaired) electrons. The Kier molecular flexibility index (Phi) is 2.14. The number of nitrogens with zero attached hydrogens (tertiary/aromatic N) is 4. The number of nitrogens with two attached hydrogens (primary N) is 1. The minimum absolute atomic E-state index is 0.0293. The molecule has 1 aliphatic carbocycles. The summed E-state index contributed by atoms with van der Waals surface area (Å²) >= 11 is 0. The van der Waals surface area contributed by atoms with Gasteiger partial charge in [0.05, 0.1) is 17.5 Å². The Morgan fingerprint density at radius 3 is 2.94 bits per heavy atom. The highest BCUT2D eigenvalue weighted by molar-refractivity contribution is 5.97. The van der Waals surface area contributed by atoms with E-state index in [1.54, 1.807) is 10.7 Å². The molecule has 1 aliphatic rings. The zero-order chi connectivity index (χ0) is 11.8. The number of rotatable bonds is 3. The Balaban J connectivity index is 2.04. The van der Waals surface area contributed by atoms with Crippen molar-refractivity contribution < 1.29 is 0 Å². The zero-order valence-corrected chi connectivity index (χ0v) is 9.17. The van der Waals surface area contributed by atoms with E-state index in [0.29, 0.717) is 17.3 Å². The fourth-order valence-electron chi connectivity index (χ4n) is 1.76. The molecular formula is C11H12N6. The molecule has 0 bridgehead atoms. The summed E-state index contributed by atoms with van der Waals surface area (Å²) < 4.78 is 1.64. The summed E-state index contributed by atoms with van der Waals surface area (Å²) in [5.74, 6) is 1.07. The predicted octanol–water partition coefficient (Wildman–Crippen LogP) is 0.824. The summed E-state index contributed by atoms with van der Waals surface area (Å²) in [5, 5.41) is 19.7. The van der Waals surface area contributed by atoms with Crippen molar-refractivity contribution in [3.8, 4) is 5.82 Å². The SMILES string of the molecule is N=C(N)c1ccnnc1-n1ccc(C2CC2)n1. The lowest BCUT2D eigenvalue weighted by Gasteiger charge is -2.04. The lowest BCUT2D eigenvalue weighted by molar-refractivity contribution is 0.787. The lowest BCUT2D eigenvalue weighted by Crippen LogP contribution is -2.16. The number of amidine groups is 1. The summed E-state index contributed by atoms with van der Waals surface area (Å²) in [6.45, 7) is 0. The number of hydrogen-bond donors (Lipinski definition) is 2. The minimum Gasteiger partial charge on any atom is -0.384 e. The fraction of sp³-hybridized carbons (Fsp3) is 0.273. The number of aromatic nitrogens is 4. The van der Waals surface area contributed by atoms with Gasteiger partial charge in [0.2, 0.25) is 0 Å². The maximum atomic E-state index is 7.50. The summed E-state index contributed by atoms with van der Waals surface area (Å²) in [6.07, 6.45) is 5.77. The molecule has 0 aliphatic heterocycles. The summed E-state index contributed by atoms with van der Waals surface area (Å²) in [4.78, 5) is 0. The third-order valence-corrected chi connectivity index (χ3v) is 2.81. The average molecular weight is 228 g/mol. The molecule has 2 heterocycles. The van der Waals surface area contributed by atoms with Crippen LogP contribution < -0.4 is 5.73 Å². The van der Waals surface area contributed by atoms with Crippen molar-refractivity contribution >= 4 is 5.84 Å². The Labute approximate surface area is 98.0 Å². The maximum absolute atomic E-state index is 7.50. The number of hydrogen-bond acceptors (Lipinski definition) is 4. The topological polar surface area (TPSA) is 93.5 Å². The van der Waals surface area contributed by atoms with Gasteiger partial charge in [0, 0.05) is 12.1 Å². The van der Waals surface area contributed by atoms with Crippen LogP contribution in [0.15, 0.2) is 24.5 Å². The van der Waals surface area contributed by atoms with Crippen LogP contribution in [0.1, 0.15) is 30.0 Å². The van der Waals surface area contributed by atoms with Crippen LogP contribution in [0.3, 0.4) is 0 Å². The van der Waals surface area contributed by atoms with Crippen LogP contribution in [0, 0.1) is 5.41 Å². The Bertz CT molecular complexity index is 569. The van der Waals surface area contributed by atoms with Crippen molar-refractivity contribution in [3.63, 3.8) is 0 Å². The third kappa shape index (κ3) is 1.77. The molecule has 0 unspecified atom stereocenters. The molecule has 1 fully saturated rings.